The van der Waals surface area contributed by atoms with Gasteiger partial charge in [0, 0.05) is 36.9 Å². The van der Waals surface area contributed by atoms with Gasteiger partial charge in [-0.2, -0.15) is 4.98 Å². The van der Waals surface area contributed by atoms with Gasteiger partial charge < -0.3 is 14.7 Å². The van der Waals surface area contributed by atoms with Crippen LogP contribution >= 0.6 is 12.4 Å². The lowest BCUT2D eigenvalue weighted by Gasteiger charge is -2.36. The predicted molar refractivity (Wildman–Crippen MR) is 92.3 cm³/mol. The van der Waals surface area contributed by atoms with Gasteiger partial charge in [0.15, 0.2) is 5.82 Å². The van der Waals surface area contributed by atoms with Crippen LogP contribution in [0, 0.1) is 5.92 Å². The molecule has 6 nitrogen and oxygen atoms in total. The number of hydrogen-bond acceptors (Lipinski definition) is 5. The van der Waals surface area contributed by atoms with E-state index in [4.69, 9.17) is 4.52 Å². The first-order valence-corrected chi connectivity index (χ1v) is 9.06. The quantitative estimate of drug-likeness (QED) is 0.902. The molecule has 0 bridgehead atoms. The van der Waals surface area contributed by atoms with Gasteiger partial charge in [0.25, 0.3) is 0 Å². The molecule has 3 aliphatic rings. The van der Waals surface area contributed by atoms with Gasteiger partial charge in [-0.3, -0.25) is 4.79 Å². The molecule has 1 N–H and O–H groups in total. The SMILES string of the molecule is C[C@H]1C[C@@H](C(=O)N2CCCC(c3noc(C4CC4)n3)C2)CCN1.Cl. The average Bonchev–Trinajstić information content (AvgIpc) is 3.31. The van der Waals surface area contributed by atoms with E-state index in [1.165, 1.54) is 12.8 Å². The lowest BCUT2D eigenvalue weighted by molar-refractivity contribution is -0.138. The van der Waals surface area contributed by atoms with E-state index in [1.54, 1.807) is 0 Å². The highest BCUT2D eigenvalue weighted by Crippen LogP contribution is 2.39. The second-order valence-corrected chi connectivity index (χ2v) is 7.46. The minimum atomic E-state index is 0. The highest BCUT2D eigenvalue weighted by Gasteiger charge is 2.35. The molecule has 1 unspecified atom stereocenters. The molecule has 1 saturated carbocycles. The summed E-state index contributed by atoms with van der Waals surface area (Å²) in [5, 5.41) is 7.61. The number of piperidine rings is 2. The Morgan fingerprint density at radius 1 is 1.25 bits per heavy atom. The van der Waals surface area contributed by atoms with Gasteiger partial charge in [-0.25, -0.2) is 0 Å². The number of nitrogens with zero attached hydrogens (tertiary/aromatic N) is 3. The van der Waals surface area contributed by atoms with Crippen molar-refractivity contribution < 1.29 is 9.32 Å². The molecule has 3 fully saturated rings. The summed E-state index contributed by atoms with van der Waals surface area (Å²) in [5.41, 5.74) is 0. The fourth-order valence-electron chi connectivity index (χ4n) is 3.91. The normalized spacial score (nSPS) is 30.7. The zero-order valence-electron chi connectivity index (χ0n) is 14.2. The minimum Gasteiger partial charge on any atom is -0.342 e. The Morgan fingerprint density at radius 2 is 2.08 bits per heavy atom. The van der Waals surface area contributed by atoms with Crippen molar-refractivity contribution in [2.24, 2.45) is 5.92 Å². The Morgan fingerprint density at radius 3 is 2.83 bits per heavy atom. The lowest BCUT2D eigenvalue weighted by atomic mass is 9.90. The third-order valence-corrected chi connectivity index (χ3v) is 5.46. The number of likely N-dealkylation sites (tertiary alicyclic amines) is 1. The van der Waals surface area contributed by atoms with E-state index in [1.807, 2.05) is 4.90 Å². The van der Waals surface area contributed by atoms with E-state index in [2.05, 4.69) is 22.4 Å². The Kier molecular flexibility index (Phi) is 5.45. The molecule has 1 aromatic heterocycles. The highest BCUT2D eigenvalue weighted by atomic mass is 35.5. The number of rotatable bonds is 3. The van der Waals surface area contributed by atoms with Crippen LogP contribution in [0.25, 0.3) is 0 Å². The van der Waals surface area contributed by atoms with Crippen molar-refractivity contribution >= 4 is 18.3 Å². The second-order valence-electron chi connectivity index (χ2n) is 7.46. The van der Waals surface area contributed by atoms with Gasteiger partial charge in [0.1, 0.15) is 0 Å². The molecule has 4 rings (SSSR count). The third kappa shape index (κ3) is 3.75. The van der Waals surface area contributed by atoms with Crippen molar-refractivity contribution in [2.75, 3.05) is 19.6 Å². The van der Waals surface area contributed by atoms with Crippen molar-refractivity contribution in [2.45, 2.75) is 63.3 Å². The number of aromatic nitrogens is 2. The predicted octanol–water partition coefficient (Wildman–Crippen LogP) is 2.46. The molecule has 1 amide bonds. The highest BCUT2D eigenvalue weighted by molar-refractivity contribution is 5.85. The molecule has 3 heterocycles. The first kappa shape index (κ1) is 17.7. The number of hydrogen-bond donors (Lipinski definition) is 1. The molecule has 2 aliphatic heterocycles. The van der Waals surface area contributed by atoms with Crippen LogP contribution in [0.1, 0.15) is 69.0 Å². The minimum absolute atomic E-state index is 0. The number of halogens is 1. The van der Waals surface area contributed by atoms with Gasteiger partial charge in [-0.05, 0) is 52.0 Å². The topological polar surface area (TPSA) is 71.3 Å². The fraction of sp³-hybridized carbons (Fsp3) is 0.824. The molecule has 7 heteroatoms. The number of carbonyl (C=O) groups is 1. The van der Waals surface area contributed by atoms with Gasteiger partial charge in [0.2, 0.25) is 11.8 Å². The van der Waals surface area contributed by atoms with Crippen molar-refractivity contribution in [3.63, 3.8) is 0 Å². The zero-order chi connectivity index (χ0) is 15.8. The average molecular weight is 355 g/mol. The Balaban J connectivity index is 0.00000169. The lowest BCUT2D eigenvalue weighted by Crippen LogP contribution is -2.47. The van der Waals surface area contributed by atoms with Gasteiger partial charge in [0.05, 0.1) is 0 Å². The van der Waals surface area contributed by atoms with Crippen LogP contribution in [0.5, 0.6) is 0 Å². The molecular weight excluding hydrogens is 328 g/mol. The first-order chi connectivity index (χ1) is 11.2. The molecule has 0 radical (unpaired) electrons. The van der Waals surface area contributed by atoms with Crippen molar-refractivity contribution in [1.29, 1.82) is 0 Å². The summed E-state index contributed by atoms with van der Waals surface area (Å²) >= 11 is 0. The molecule has 1 aliphatic carbocycles. The Labute approximate surface area is 149 Å². The summed E-state index contributed by atoms with van der Waals surface area (Å²) in [6.07, 6.45) is 6.34. The Hall–Kier alpha value is -1.14. The van der Waals surface area contributed by atoms with Crippen molar-refractivity contribution in [3.8, 4) is 0 Å². The number of nitrogens with one attached hydrogen (secondary N) is 1. The first-order valence-electron chi connectivity index (χ1n) is 9.06. The standard InChI is InChI=1S/C17H26N4O2.ClH/c1-11-9-13(6-7-18-11)17(22)21-8-2-3-14(10-21)15-19-16(23-20-15)12-4-5-12;/h11-14,18H,2-10H2,1H3;1H/t11-,13-,14?;/m0./s1. The molecule has 3 atom stereocenters. The van der Waals surface area contributed by atoms with E-state index < -0.39 is 0 Å². The maximum atomic E-state index is 12.8. The van der Waals surface area contributed by atoms with Crippen molar-refractivity contribution in [1.82, 2.24) is 20.4 Å². The Bertz CT molecular complexity index is 575. The smallest absolute Gasteiger partial charge is 0.229 e. The zero-order valence-corrected chi connectivity index (χ0v) is 15.1. The number of carbonyl (C=O) groups excluding carboxylic acids is 1. The van der Waals surface area contributed by atoms with E-state index in [0.717, 1.165) is 57.0 Å². The largest absolute Gasteiger partial charge is 0.342 e. The molecular formula is C17H27ClN4O2. The van der Waals surface area contributed by atoms with Crippen LogP contribution in [-0.2, 0) is 4.79 Å². The molecule has 0 spiro atoms. The molecule has 1 aromatic rings. The monoisotopic (exact) mass is 354 g/mol. The van der Waals surface area contributed by atoms with Crippen LogP contribution in [0.4, 0.5) is 0 Å². The summed E-state index contributed by atoms with van der Waals surface area (Å²) < 4.78 is 5.40. The van der Waals surface area contributed by atoms with Crippen LogP contribution in [0.2, 0.25) is 0 Å². The van der Waals surface area contributed by atoms with Crippen LogP contribution in [-0.4, -0.2) is 46.6 Å². The van der Waals surface area contributed by atoms with E-state index in [9.17, 15) is 4.79 Å². The van der Waals surface area contributed by atoms with Gasteiger partial charge >= 0.3 is 0 Å². The van der Waals surface area contributed by atoms with E-state index in [0.29, 0.717) is 17.9 Å². The maximum Gasteiger partial charge on any atom is 0.229 e. The summed E-state index contributed by atoms with van der Waals surface area (Å²) in [6.45, 7) is 4.74. The number of amides is 1. The van der Waals surface area contributed by atoms with Gasteiger partial charge in [-0.15, -0.1) is 12.4 Å². The molecule has 2 saturated heterocycles. The summed E-state index contributed by atoms with van der Waals surface area (Å²) in [6, 6.07) is 0.441. The molecule has 0 aromatic carbocycles. The van der Waals surface area contributed by atoms with Crippen molar-refractivity contribution in [3.05, 3.63) is 11.7 Å². The maximum absolute atomic E-state index is 12.8. The third-order valence-electron chi connectivity index (χ3n) is 5.46. The molecule has 134 valence electrons. The van der Waals surface area contributed by atoms with E-state index in [-0.39, 0.29) is 24.2 Å². The summed E-state index contributed by atoms with van der Waals surface area (Å²) in [7, 11) is 0. The fourth-order valence-corrected chi connectivity index (χ4v) is 3.91. The van der Waals surface area contributed by atoms with E-state index >= 15 is 0 Å². The van der Waals surface area contributed by atoms with Crippen LogP contribution in [0.15, 0.2) is 4.52 Å². The van der Waals surface area contributed by atoms with Crippen LogP contribution < -0.4 is 5.32 Å². The molecule has 24 heavy (non-hydrogen) atoms. The van der Waals surface area contributed by atoms with Gasteiger partial charge in [-0.1, -0.05) is 5.16 Å². The second kappa shape index (κ2) is 7.40. The summed E-state index contributed by atoms with van der Waals surface area (Å²) in [4.78, 5) is 19.5. The van der Waals surface area contributed by atoms with Crippen LogP contribution in [0.3, 0.4) is 0 Å². The summed E-state index contributed by atoms with van der Waals surface area (Å²) in [5.74, 6) is 2.85.